The van der Waals surface area contributed by atoms with Gasteiger partial charge in [-0.2, -0.15) is 0 Å². The van der Waals surface area contributed by atoms with E-state index in [0.717, 1.165) is 29.6 Å². The van der Waals surface area contributed by atoms with E-state index in [4.69, 9.17) is 0 Å². The van der Waals surface area contributed by atoms with Crippen LogP contribution in [0.4, 0.5) is 0 Å². The summed E-state index contributed by atoms with van der Waals surface area (Å²) >= 11 is 0. The monoisotopic (exact) mass is 152 g/mol. The number of aliphatic hydroxyl groups is 1. The van der Waals surface area contributed by atoms with Crippen LogP contribution in [-0.4, -0.2) is 11.2 Å². The predicted molar refractivity (Wildman–Crippen MR) is 43.0 cm³/mol. The molecule has 0 aromatic carbocycles. The van der Waals surface area contributed by atoms with E-state index in [-0.39, 0.29) is 6.10 Å². The normalized spacial score (nSPS) is 64.9. The molecule has 3 fully saturated rings. The third-order valence-corrected chi connectivity index (χ3v) is 4.57. The maximum atomic E-state index is 9.73. The Kier molecular flexibility index (Phi) is 1.07. The summed E-state index contributed by atoms with van der Waals surface area (Å²) in [7, 11) is 0. The summed E-state index contributed by atoms with van der Waals surface area (Å²) in [4.78, 5) is 0. The van der Waals surface area contributed by atoms with Crippen LogP contribution in [0.25, 0.3) is 0 Å². The van der Waals surface area contributed by atoms with Crippen molar-refractivity contribution in [1.29, 1.82) is 0 Å². The van der Waals surface area contributed by atoms with Gasteiger partial charge in [0.2, 0.25) is 0 Å². The van der Waals surface area contributed by atoms with Gasteiger partial charge in [-0.3, -0.25) is 0 Å². The van der Waals surface area contributed by atoms with Crippen LogP contribution in [0.2, 0.25) is 0 Å². The van der Waals surface area contributed by atoms with Crippen LogP contribution >= 0.6 is 0 Å². The first-order chi connectivity index (χ1) is 5.33. The van der Waals surface area contributed by atoms with Crippen molar-refractivity contribution in [1.82, 2.24) is 0 Å². The molecule has 1 N–H and O–H groups in total. The Bertz CT molecular complexity index is 189. The van der Waals surface area contributed by atoms with Crippen LogP contribution in [0.5, 0.6) is 0 Å². The van der Waals surface area contributed by atoms with E-state index in [1.54, 1.807) is 0 Å². The average molecular weight is 152 g/mol. The van der Waals surface area contributed by atoms with Gasteiger partial charge in [0.05, 0.1) is 6.10 Å². The molecule has 0 radical (unpaired) electrons. The van der Waals surface area contributed by atoms with Gasteiger partial charge < -0.3 is 5.11 Å². The highest BCUT2D eigenvalue weighted by molar-refractivity contribution is 5.14. The molecule has 0 aromatic heterocycles. The zero-order chi connectivity index (χ0) is 7.59. The minimum atomic E-state index is 0.101. The van der Waals surface area contributed by atoms with Crippen LogP contribution in [0.15, 0.2) is 0 Å². The largest absolute Gasteiger partial charge is 0.393 e. The predicted octanol–water partition coefficient (Wildman–Crippen LogP) is 1.66. The van der Waals surface area contributed by atoms with Crippen molar-refractivity contribution >= 4 is 0 Å². The molecule has 11 heavy (non-hydrogen) atoms. The van der Waals surface area contributed by atoms with E-state index in [0.29, 0.717) is 0 Å². The molecule has 3 aliphatic carbocycles. The molecule has 1 nitrogen and oxygen atoms in total. The smallest absolute Gasteiger partial charge is 0.0605 e. The lowest BCUT2D eigenvalue weighted by molar-refractivity contribution is -0.170. The topological polar surface area (TPSA) is 20.2 Å². The van der Waals surface area contributed by atoms with Crippen molar-refractivity contribution in [3.8, 4) is 0 Å². The van der Waals surface area contributed by atoms with E-state index in [9.17, 15) is 5.11 Å². The van der Waals surface area contributed by atoms with Gasteiger partial charge in [0.1, 0.15) is 0 Å². The van der Waals surface area contributed by atoms with Crippen molar-refractivity contribution < 1.29 is 5.11 Å². The molecular weight excluding hydrogens is 136 g/mol. The van der Waals surface area contributed by atoms with Crippen LogP contribution in [0.1, 0.15) is 26.2 Å². The van der Waals surface area contributed by atoms with Gasteiger partial charge in [0.15, 0.2) is 0 Å². The van der Waals surface area contributed by atoms with Crippen LogP contribution < -0.4 is 0 Å². The van der Waals surface area contributed by atoms with Crippen molar-refractivity contribution in [3.05, 3.63) is 0 Å². The molecule has 3 rings (SSSR count). The highest BCUT2D eigenvalue weighted by Gasteiger charge is 2.66. The summed E-state index contributed by atoms with van der Waals surface area (Å²) in [5.41, 5.74) is 0. The van der Waals surface area contributed by atoms with Crippen LogP contribution in [0, 0.1) is 29.6 Å². The lowest BCUT2D eigenvalue weighted by atomic mass is 9.49. The summed E-state index contributed by atoms with van der Waals surface area (Å²) in [5, 5.41) is 9.73. The zero-order valence-electron chi connectivity index (χ0n) is 7.03. The number of rotatable bonds is 1. The molecule has 0 spiro atoms. The quantitative estimate of drug-likeness (QED) is 0.606. The molecule has 1 heteroatoms. The average Bonchev–Trinajstić information content (AvgIpc) is 2.10. The fourth-order valence-electron chi connectivity index (χ4n) is 3.98. The zero-order valence-corrected chi connectivity index (χ0v) is 7.03. The SMILES string of the molecule is CCC1CC2CC3C(O)C1C23. The van der Waals surface area contributed by atoms with Gasteiger partial charge in [-0.1, -0.05) is 13.3 Å². The number of hydrogen-bond acceptors (Lipinski definition) is 1. The van der Waals surface area contributed by atoms with E-state index in [2.05, 4.69) is 6.92 Å². The molecule has 6 atom stereocenters. The molecule has 6 unspecified atom stereocenters. The maximum Gasteiger partial charge on any atom is 0.0605 e. The van der Waals surface area contributed by atoms with Crippen molar-refractivity contribution in [3.63, 3.8) is 0 Å². The summed E-state index contributed by atoms with van der Waals surface area (Å²) in [6.07, 6.45) is 4.17. The van der Waals surface area contributed by atoms with Gasteiger partial charge in [-0.15, -0.1) is 0 Å². The fourth-order valence-corrected chi connectivity index (χ4v) is 3.98. The lowest BCUT2D eigenvalue weighted by Gasteiger charge is -2.57. The van der Waals surface area contributed by atoms with E-state index < -0.39 is 0 Å². The van der Waals surface area contributed by atoms with Crippen LogP contribution in [-0.2, 0) is 0 Å². The third kappa shape index (κ3) is 0.547. The van der Waals surface area contributed by atoms with Gasteiger partial charge in [-0.05, 0) is 42.4 Å². The highest BCUT2D eigenvalue weighted by atomic mass is 16.3. The second-order valence-corrected chi connectivity index (χ2v) is 4.71. The fraction of sp³-hybridized carbons (Fsp3) is 1.00. The highest BCUT2D eigenvalue weighted by Crippen LogP contribution is 2.68. The second kappa shape index (κ2) is 1.82. The Morgan fingerprint density at radius 3 is 2.82 bits per heavy atom. The molecule has 0 bridgehead atoms. The Hall–Kier alpha value is -0.0400. The van der Waals surface area contributed by atoms with E-state index in [1.165, 1.54) is 19.3 Å². The summed E-state index contributed by atoms with van der Waals surface area (Å²) in [5.74, 6) is 4.33. The van der Waals surface area contributed by atoms with E-state index in [1.807, 2.05) is 0 Å². The minimum Gasteiger partial charge on any atom is -0.393 e. The minimum absolute atomic E-state index is 0.101. The van der Waals surface area contributed by atoms with Crippen LogP contribution in [0.3, 0.4) is 0 Å². The first-order valence-corrected chi connectivity index (χ1v) is 5.01. The molecule has 0 aromatic rings. The Morgan fingerprint density at radius 2 is 2.09 bits per heavy atom. The summed E-state index contributed by atoms with van der Waals surface area (Å²) in [6.45, 7) is 2.27. The van der Waals surface area contributed by atoms with Gasteiger partial charge in [0, 0.05) is 0 Å². The molecule has 0 aliphatic heterocycles. The summed E-state index contributed by atoms with van der Waals surface area (Å²) < 4.78 is 0. The molecule has 3 saturated carbocycles. The molecule has 0 heterocycles. The van der Waals surface area contributed by atoms with Crippen molar-refractivity contribution in [2.45, 2.75) is 32.3 Å². The standard InChI is InChI=1S/C10H16O/c1-2-5-3-6-4-7-8(6)9(5)10(7)11/h5-11H,2-4H2,1H3. The second-order valence-electron chi connectivity index (χ2n) is 4.71. The molecular formula is C10H16O. The molecule has 62 valence electrons. The van der Waals surface area contributed by atoms with E-state index >= 15 is 0 Å². The molecule has 0 saturated heterocycles. The Morgan fingerprint density at radius 1 is 1.27 bits per heavy atom. The maximum absolute atomic E-state index is 9.73. The van der Waals surface area contributed by atoms with Gasteiger partial charge in [-0.25, -0.2) is 0 Å². The van der Waals surface area contributed by atoms with Crippen molar-refractivity contribution in [2.24, 2.45) is 29.6 Å². The van der Waals surface area contributed by atoms with Crippen molar-refractivity contribution in [2.75, 3.05) is 0 Å². The third-order valence-electron chi connectivity index (χ3n) is 4.57. The summed E-state index contributed by atoms with van der Waals surface area (Å²) in [6, 6.07) is 0. The van der Waals surface area contributed by atoms with Gasteiger partial charge >= 0.3 is 0 Å². The number of hydrogen-bond donors (Lipinski definition) is 1. The Labute approximate surface area is 67.8 Å². The molecule has 3 aliphatic rings. The Balaban J connectivity index is 1.85. The van der Waals surface area contributed by atoms with Gasteiger partial charge in [0.25, 0.3) is 0 Å². The first-order valence-electron chi connectivity index (χ1n) is 5.01. The lowest BCUT2D eigenvalue weighted by Crippen LogP contribution is -2.58. The first kappa shape index (κ1) is 6.47. The molecule has 0 amide bonds. The number of aliphatic hydroxyl groups excluding tert-OH is 1.